The van der Waals surface area contributed by atoms with E-state index in [1.165, 1.54) is 0 Å². The summed E-state index contributed by atoms with van der Waals surface area (Å²) in [6.07, 6.45) is 1.46. The van der Waals surface area contributed by atoms with Gasteiger partial charge in [0.1, 0.15) is 0 Å². The van der Waals surface area contributed by atoms with Crippen molar-refractivity contribution in [2.75, 3.05) is 25.4 Å². The van der Waals surface area contributed by atoms with Crippen LogP contribution in [0.2, 0.25) is 0 Å². The van der Waals surface area contributed by atoms with Gasteiger partial charge in [0.15, 0.2) is 0 Å². The van der Waals surface area contributed by atoms with Gasteiger partial charge in [-0.05, 0) is 32.3 Å². The zero-order valence-corrected chi connectivity index (χ0v) is 17.3. The Hall–Kier alpha value is -1.93. The lowest BCUT2D eigenvalue weighted by molar-refractivity contribution is -0.136. The molecule has 1 aromatic carbocycles. The fraction of sp³-hybridized carbons (Fsp3) is 0.600. The number of nitrogens with one attached hydrogen (secondary N) is 1. The van der Waals surface area contributed by atoms with E-state index in [0.717, 1.165) is 5.56 Å². The Bertz CT molecular complexity index is 804. The molecule has 2 unspecified atom stereocenters. The van der Waals surface area contributed by atoms with Crippen molar-refractivity contribution < 1.29 is 18.0 Å². The number of carbonyl (C=O) groups is 2. The molecule has 2 aliphatic rings. The summed E-state index contributed by atoms with van der Waals surface area (Å²) < 4.78 is 26.1. The maximum atomic E-state index is 12.9. The highest BCUT2D eigenvalue weighted by atomic mass is 32.2. The third kappa shape index (κ3) is 4.72. The van der Waals surface area contributed by atoms with E-state index in [4.69, 9.17) is 0 Å². The molecule has 3 rings (SSSR count). The van der Waals surface area contributed by atoms with Crippen molar-refractivity contribution in [3.63, 3.8) is 0 Å². The van der Waals surface area contributed by atoms with Crippen LogP contribution in [0, 0.1) is 5.92 Å². The lowest BCUT2D eigenvalue weighted by atomic mass is 10.0. The molecule has 2 saturated heterocycles. The zero-order chi connectivity index (χ0) is 20.3. The smallest absolute Gasteiger partial charge is 0.227 e. The summed E-state index contributed by atoms with van der Waals surface area (Å²) in [5.41, 5.74) is 1.06. The molecule has 1 aromatic rings. The first kappa shape index (κ1) is 20.8. The van der Waals surface area contributed by atoms with Crippen molar-refractivity contribution in [1.82, 2.24) is 14.5 Å². The minimum atomic E-state index is -3.23. The average molecular weight is 408 g/mol. The van der Waals surface area contributed by atoms with E-state index in [0.29, 0.717) is 32.5 Å². The molecule has 2 aliphatic heterocycles. The maximum Gasteiger partial charge on any atom is 0.227 e. The lowest BCUT2D eigenvalue weighted by Crippen LogP contribution is -2.48. The Morgan fingerprint density at radius 2 is 1.86 bits per heavy atom. The molecule has 0 aliphatic carbocycles. The highest BCUT2D eigenvalue weighted by Crippen LogP contribution is 2.30. The molecule has 0 saturated carbocycles. The standard InChI is InChI=1S/C20H29N3O4S/c1-3-28(26,27)21-18-9-11-22(12-10-18)20(25)17-13-19(24)23(14-17)15(2)16-7-5-4-6-8-16/h4-8,15,17-18,21H,3,9-14H2,1-2H3. The predicted molar refractivity (Wildman–Crippen MR) is 107 cm³/mol. The third-order valence-corrected chi connectivity index (χ3v) is 7.24. The second-order valence-electron chi connectivity index (χ2n) is 7.65. The van der Waals surface area contributed by atoms with Crippen LogP contribution in [0.1, 0.15) is 44.7 Å². The minimum absolute atomic E-state index is 0.00732. The summed E-state index contributed by atoms with van der Waals surface area (Å²) in [6.45, 7) is 5.09. The van der Waals surface area contributed by atoms with Gasteiger partial charge in [0.25, 0.3) is 0 Å². The fourth-order valence-electron chi connectivity index (χ4n) is 4.00. The number of hydrogen-bond acceptors (Lipinski definition) is 4. The molecule has 1 N–H and O–H groups in total. The van der Waals surface area contributed by atoms with Crippen molar-refractivity contribution in [2.24, 2.45) is 5.92 Å². The van der Waals surface area contributed by atoms with Crippen molar-refractivity contribution in [2.45, 2.75) is 45.2 Å². The Morgan fingerprint density at radius 1 is 1.21 bits per heavy atom. The number of piperidine rings is 1. The van der Waals surface area contributed by atoms with E-state index < -0.39 is 10.0 Å². The molecule has 8 heteroatoms. The maximum absolute atomic E-state index is 12.9. The van der Waals surface area contributed by atoms with Crippen LogP contribution in [-0.2, 0) is 19.6 Å². The molecule has 2 atom stereocenters. The van der Waals surface area contributed by atoms with E-state index in [1.807, 2.05) is 37.3 Å². The molecule has 0 radical (unpaired) electrons. The van der Waals surface area contributed by atoms with Crippen molar-refractivity contribution >= 4 is 21.8 Å². The van der Waals surface area contributed by atoms with Crippen LogP contribution in [0.3, 0.4) is 0 Å². The van der Waals surface area contributed by atoms with Gasteiger partial charge in [0, 0.05) is 32.1 Å². The quantitative estimate of drug-likeness (QED) is 0.775. The zero-order valence-electron chi connectivity index (χ0n) is 16.5. The molecule has 2 amide bonds. The molecule has 2 heterocycles. The molecule has 0 bridgehead atoms. The van der Waals surface area contributed by atoms with Gasteiger partial charge in [-0.3, -0.25) is 9.59 Å². The topological polar surface area (TPSA) is 86.8 Å². The second kappa shape index (κ2) is 8.61. The molecule has 0 aromatic heterocycles. The Kier molecular flexibility index (Phi) is 6.40. The summed E-state index contributed by atoms with van der Waals surface area (Å²) in [5, 5.41) is 0. The summed E-state index contributed by atoms with van der Waals surface area (Å²) in [5.74, 6) is -0.234. The van der Waals surface area contributed by atoms with Crippen LogP contribution in [-0.4, -0.2) is 61.5 Å². The van der Waals surface area contributed by atoms with Crippen LogP contribution < -0.4 is 4.72 Å². The molecular weight excluding hydrogens is 378 g/mol. The van der Waals surface area contributed by atoms with E-state index in [-0.39, 0.29) is 42.0 Å². The Morgan fingerprint density at radius 3 is 2.46 bits per heavy atom. The van der Waals surface area contributed by atoms with Crippen molar-refractivity contribution in [3.8, 4) is 0 Å². The van der Waals surface area contributed by atoms with Crippen LogP contribution in [0.25, 0.3) is 0 Å². The van der Waals surface area contributed by atoms with E-state index in [2.05, 4.69) is 4.72 Å². The minimum Gasteiger partial charge on any atom is -0.342 e. The highest BCUT2D eigenvalue weighted by Gasteiger charge is 2.39. The summed E-state index contributed by atoms with van der Waals surface area (Å²) in [6, 6.07) is 9.66. The van der Waals surface area contributed by atoms with Gasteiger partial charge in [0.2, 0.25) is 21.8 Å². The summed E-state index contributed by atoms with van der Waals surface area (Å²) in [7, 11) is -3.23. The summed E-state index contributed by atoms with van der Waals surface area (Å²) >= 11 is 0. The van der Waals surface area contributed by atoms with Gasteiger partial charge < -0.3 is 9.80 Å². The molecule has 2 fully saturated rings. The number of carbonyl (C=O) groups excluding carboxylic acids is 2. The van der Waals surface area contributed by atoms with Crippen molar-refractivity contribution in [3.05, 3.63) is 35.9 Å². The first-order valence-corrected chi connectivity index (χ1v) is 11.6. The van der Waals surface area contributed by atoms with E-state index >= 15 is 0 Å². The number of amides is 2. The molecule has 28 heavy (non-hydrogen) atoms. The van der Waals surface area contributed by atoms with E-state index in [9.17, 15) is 18.0 Å². The Balaban J connectivity index is 1.55. The summed E-state index contributed by atoms with van der Waals surface area (Å²) in [4.78, 5) is 29.0. The predicted octanol–water partition coefficient (Wildman–Crippen LogP) is 1.53. The molecule has 154 valence electrons. The van der Waals surface area contributed by atoms with Gasteiger partial charge in [0.05, 0.1) is 17.7 Å². The van der Waals surface area contributed by atoms with Crippen LogP contribution in [0.4, 0.5) is 0 Å². The Labute approximate surface area is 167 Å². The number of rotatable bonds is 6. The first-order valence-electron chi connectivity index (χ1n) is 9.94. The average Bonchev–Trinajstić information content (AvgIpc) is 3.09. The number of nitrogens with zero attached hydrogens (tertiary/aromatic N) is 2. The third-order valence-electron chi connectivity index (χ3n) is 5.79. The van der Waals surface area contributed by atoms with Crippen LogP contribution in [0.5, 0.6) is 0 Å². The number of benzene rings is 1. The number of likely N-dealkylation sites (tertiary alicyclic amines) is 2. The van der Waals surface area contributed by atoms with Crippen LogP contribution >= 0.6 is 0 Å². The lowest BCUT2D eigenvalue weighted by Gasteiger charge is -2.33. The first-order chi connectivity index (χ1) is 13.3. The molecule has 0 spiro atoms. The number of hydrogen-bond donors (Lipinski definition) is 1. The van der Waals surface area contributed by atoms with Gasteiger partial charge in [-0.25, -0.2) is 13.1 Å². The van der Waals surface area contributed by atoms with Crippen molar-refractivity contribution in [1.29, 1.82) is 0 Å². The van der Waals surface area contributed by atoms with Gasteiger partial charge in [-0.2, -0.15) is 0 Å². The molecular formula is C20H29N3O4S. The van der Waals surface area contributed by atoms with Gasteiger partial charge in [-0.1, -0.05) is 30.3 Å². The number of sulfonamides is 1. The fourth-order valence-corrected chi connectivity index (χ4v) is 4.91. The highest BCUT2D eigenvalue weighted by molar-refractivity contribution is 7.89. The van der Waals surface area contributed by atoms with Gasteiger partial charge >= 0.3 is 0 Å². The van der Waals surface area contributed by atoms with Gasteiger partial charge in [-0.15, -0.1) is 0 Å². The van der Waals surface area contributed by atoms with E-state index in [1.54, 1.807) is 16.7 Å². The second-order valence-corrected chi connectivity index (χ2v) is 9.70. The normalized spacial score (nSPS) is 22.5. The SMILES string of the molecule is CCS(=O)(=O)NC1CCN(C(=O)C2CC(=O)N(C(C)c3ccccc3)C2)CC1. The molecule has 7 nitrogen and oxygen atoms in total. The van der Waals surface area contributed by atoms with Crippen LogP contribution in [0.15, 0.2) is 30.3 Å². The largest absolute Gasteiger partial charge is 0.342 e. The monoisotopic (exact) mass is 407 g/mol.